The number of rotatable bonds is 4. The lowest BCUT2D eigenvalue weighted by atomic mass is 10.1. The van der Waals surface area contributed by atoms with Gasteiger partial charge in [-0.05, 0) is 48.6 Å². The molecule has 0 spiro atoms. The molecule has 1 aromatic heterocycles. The largest absolute Gasteiger partial charge is 0.318 e. The molecule has 0 saturated carbocycles. The molecule has 0 saturated heterocycles. The minimum absolute atomic E-state index is 0.00701. The Hall–Kier alpha value is -1.92. The van der Waals surface area contributed by atoms with E-state index in [0.29, 0.717) is 5.56 Å². The predicted octanol–water partition coefficient (Wildman–Crippen LogP) is 1.35. The van der Waals surface area contributed by atoms with Crippen LogP contribution in [0, 0.1) is 0 Å². The molecule has 0 unspecified atom stereocenters. The average molecular weight is 318 g/mol. The highest BCUT2D eigenvalue weighted by Gasteiger charge is 2.18. The minimum Gasteiger partial charge on any atom is -0.318 e. The second kappa shape index (κ2) is 5.70. The van der Waals surface area contributed by atoms with Crippen LogP contribution in [0.15, 0.2) is 46.2 Å². The summed E-state index contributed by atoms with van der Waals surface area (Å²) in [4.78, 5) is 12.2. The maximum absolute atomic E-state index is 12.4. The molecule has 0 radical (unpaired) electrons. The standard InChI is InChI=1S/C16H18N2O3S/c1-18-9-3-6-14(16(18)19)11-17-22(20,21)15-8-7-12-4-2-5-13(12)10-15/h3,6-10,17H,2,4-5,11H2,1H3. The molecule has 0 bridgehead atoms. The van der Waals surface area contributed by atoms with Gasteiger partial charge in [-0.3, -0.25) is 4.79 Å². The second-order valence-electron chi connectivity index (χ2n) is 5.56. The van der Waals surface area contributed by atoms with Gasteiger partial charge in [0.15, 0.2) is 0 Å². The summed E-state index contributed by atoms with van der Waals surface area (Å²) in [7, 11) is -1.97. The van der Waals surface area contributed by atoms with Crippen LogP contribution >= 0.6 is 0 Å². The molecular weight excluding hydrogens is 300 g/mol. The molecule has 1 aliphatic carbocycles. The number of hydrogen-bond acceptors (Lipinski definition) is 3. The van der Waals surface area contributed by atoms with Crippen molar-refractivity contribution in [2.45, 2.75) is 30.7 Å². The second-order valence-corrected chi connectivity index (χ2v) is 7.33. The molecule has 0 atom stereocenters. The number of aromatic nitrogens is 1. The maximum Gasteiger partial charge on any atom is 0.254 e. The van der Waals surface area contributed by atoms with E-state index in [1.807, 2.05) is 6.07 Å². The Bertz CT molecular complexity index is 869. The molecular formula is C16H18N2O3S. The number of benzene rings is 1. The molecule has 116 valence electrons. The number of nitrogens with one attached hydrogen (secondary N) is 1. The van der Waals surface area contributed by atoms with E-state index in [4.69, 9.17) is 0 Å². The van der Waals surface area contributed by atoms with E-state index in [1.54, 1.807) is 37.5 Å². The average Bonchev–Trinajstić information content (AvgIpc) is 2.96. The summed E-state index contributed by atoms with van der Waals surface area (Å²) in [5.74, 6) is 0. The highest BCUT2D eigenvalue weighted by Crippen LogP contribution is 2.24. The maximum atomic E-state index is 12.4. The molecule has 1 N–H and O–H groups in total. The van der Waals surface area contributed by atoms with E-state index in [1.165, 1.54) is 10.1 Å². The van der Waals surface area contributed by atoms with Crippen molar-refractivity contribution in [2.75, 3.05) is 0 Å². The Morgan fingerprint density at radius 3 is 2.77 bits per heavy atom. The number of pyridine rings is 1. The fourth-order valence-corrected chi connectivity index (χ4v) is 3.82. The van der Waals surface area contributed by atoms with Crippen LogP contribution in [0.25, 0.3) is 0 Å². The Labute approximate surface area is 129 Å². The van der Waals surface area contributed by atoms with E-state index in [2.05, 4.69) is 4.72 Å². The van der Waals surface area contributed by atoms with Gasteiger partial charge in [0.2, 0.25) is 10.0 Å². The van der Waals surface area contributed by atoms with Crippen LogP contribution in [0.2, 0.25) is 0 Å². The number of nitrogens with zero attached hydrogens (tertiary/aromatic N) is 1. The lowest BCUT2D eigenvalue weighted by Gasteiger charge is -2.09. The smallest absolute Gasteiger partial charge is 0.254 e. The van der Waals surface area contributed by atoms with Crippen LogP contribution in [-0.2, 0) is 36.5 Å². The highest BCUT2D eigenvalue weighted by molar-refractivity contribution is 7.89. The fraction of sp³-hybridized carbons (Fsp3) is 0.312. The summed E-state index contributed by atoms with van der Waals surface area (Å²) in [5, 5.41) is 0. The molecule has 5 nitrogen and oxygen atoms in total. The molecule has 0 fully saturated rings. The zero-order valence-electron chi connectivity index (χ0n) is 12.4. The summed E-state index contributed by atoms with van der Waals surface area (Å²) in [6, 6.07) is 8.62. The summed E-state index contributed by atoms with van der Waals surface area (Å²) >= 11 is 0. The normalized spacial score (nSPS) is 14.0. The zero-order valence-corrected chi connectivity index (χ0v) is 13.2. The van der Waals surface area contributed by atoms with E-state index in [-0.39, 0.29) is 17.0 Å². The third kappa shape index (κ3) is 2.84. The topological polar surface area (TPSA) is 68.2 Å². The molecule has 1 aliphatic rings. The third-order valence-electron chi connectivity index (χ3n) is 4.04. The van der Waals surface area contributed by atoms with Gasteiger partial charge in [-0.25, -0.2) is 13.1 Å². The van der Waals surface area contributed by atoms with Crippen molar-refractivity contribution in [3.63, 3.8) is 0 Å². The molecule has 0 aliphatic heterocycles. The molecule has 6 heteroatoms. The van der Waals surface area contributed by atoms with Crippen LogP contribution in [-0.4, -0.2) is 13.0 Å². The van der Waals surface area contributed by atoms with Crippen molar-refractivity contribution >= 4 is 10.0 Å². The monoisotopic (exact) mass is 318 g/mol. The van der Waals surface area contributed by atoms with Gasteiger partial charge in [0, 0.05) is 25.4 Å². The van der Waals surface area contributed by atoms with Gasteiger partial charge in [0.05, 0.1) is 4.90 Å². The van der Waals surface area contributed by atoms with Crippen molar-refractivity contribution in [2.24, 2.45) is 7.05 Å². The summed E-state index contributed by atoms with van der Waals surface area (Å²) in [6.07, 6.45) is 4.66. The Balaban J connectivity index is 1.82. The first kappa shape index (κ1) is 15.0. The first-order valence-electron chi connectivity index (χ1n) is 7.23. The minimum atomic E-state index is -3.61. The predicted molar refractivity (Wildman–Crippen MR) is 84.2 cm³/mol. The quantitative estimate of drug-likeness (QED) is 0.925. The first-order valence-corrected chi connectivity index (χ1v) is 8.72. The summed E-state index contributed by atoms with van der Waals surface area (Å²) in [6.45, 7) is -0.00701. The van der Waals surface area contributed by atoms with Gasteiger partial charge < -0.3 is 4.57 Å². The van der Waals surface area contributed by atoms with Crippen molar-refractivity contribution < 1.29 is 8.42 Å². The zero-order chi connectivity index (χ0) is 15.7. The highest BCUT2D eigenvalue weighted by atomic mass is 32.2. The van der Waals surface area contributed by atoms with Crippen LogP contribution in [0.4, 0.5) is 0 Å². The number of aryl methyl sites for hydroxylation is 3. The van der Waals surface area contributed by atoms with Gasteiger partial charge >= 0.3 is 0 Å². The molecule has 1 aromatic carbocycles. The molecule has 2 aromatic rings. The SMILES string of the molecule is Cn1cccc(CNS(=O)(=O)c2ccc3c(c2)CCC3)c1=O. The molecule has 3 rings (SSSR count). The molecule has 0 amide bonds. The first-order chi connectivity index (χ1) is 10.5. The Kier molecular flexibility index (Phi) is 3.88. The fourth-order valence-electron chi connectivity index (χ4n) is 2.76. The molecule has 1 heterocycles. The lowest BCUT2D eigenvalue weighted by Crippen LogP contribution is -2.29. The third-order valence-corrected chi connectivity index (χ3v) is 5.43. The van der Waals surface area contributed by atoms with Crippen LogP contribution in [0.3, 0.4) is 0 Å². The Morgan fingerprint density at radius 2 is 1.95 bits per heavy atom. The van der Waals surface area contributed by atoms with E-state index < -0.39 is 10.0 Å². The van der Waals surface area contributed by atoms with E-state index in [0.717, 1.165) is 24.8 Å². The lowest BCUT2D eigenvalue weighted by molar-refractivity contribution is 0.580. The summed E-state index contributed by atoms with van der Waals surface area (Å²) in [5.41, 5.74) is 2.57. The van der Waals surface area contributed by atoms with Crippen LogP contribution < -0.4 is 10.3 Å². The number of fused-ring (bicyclic) bond motifs is 1. The molecule has 22 heavy (non-hydrogen) atoms. The van der Waals surface area contributed by atoms with Gasteiger partial charge in [0.1, 0.15) is 0 Å². The van der Waals surface area contributed by atoms with Crippen molar-refractivity contribution in [3.05, 3.63) is 63.6 Å². The van der Waals surface area contributed by atoms with Crippen molar-refractivity contribution in [1.29, 1.82) is 0 Å². The van der Waals surface area contributed by atoms with Gasteiger partial charge in [-0.15, -0.1) is 0 Å². The van der Waals surface area contributed by atoms with Gasteiger partial charge in [-0.2, -0.15) is 0 Å². The van der Waals surface area contributed by atoms with Crippen LogP contribution in [0.5, 0.6) is 0 Å². The number of hydrogen-bond donors (Lipinski definition) is 1. The number of sulfonamides is 1. The Morgan fingerprint density at radius 1 is 1.18 bits per heavy atom. The van der Waals surface area contributed by atoms with Gasteiger partial charge in [0.25, 0.3) is 5.56 Å². The van der Waals surface area contributed by atoms with Crippen molar-refractivity contribution in [1.82, 2.24) is 9.29 Å². The van der Waals surface area contributed by atoms with Crippen molar-refractivity contribution in [3.8, 4) is 0 Å². The summed E-state index contributed by atoms with van der Waals surface area (Å²) < 4.78 is 28.7. The van der Waals surface area contributed by atoms with E-state index >= 15 is 0 Å². The van der Waals surface area contributed by atoms with E-state index in [9.17, 15) is 13.2 Å². The van der Waals surface area contributed by atoms with Gasteiger partial charge in [-0.1, -0.05) is 12.1 Å². The van der Waals surface area contributed by atoms with Crippen LogP contribution in [0.1, 0.15) is 23.1 Å².